The standard InChI is InChI=1S/C32H37ClO11/c1-18(34)39-17-28-30(41-19(2)35)32(43-21(4)37)31(42-20(3)36)29(44-28)24-7-10-27(33)25(14-24)13-22-5-8-26(9-6-22)40-16-23-11-12-38-15-23/h5-10,14,23,28-32H,11-13,15-17H2,1-4H3/t23?,28-,29+,30-,31+,32+/m1/s1. The third kappa shape index (κ3) is 9.17. The molecule has 2 fully saturated rings. The van der Waals surface area contributed by atoms with Gasteiger partial charge in [-0.2, -0.15) is 0 Å². The Morgan fingerprint density at radius 2 is 1.48 bits per heavy atom. The Morgan fingerprint density at radius 3 is 2.09 bits per heavy atom. The van der Waals surface area contributed by atoms with Crippen molar-refractivity contribution in [2.24, 2.45) is 5.92 Å². The fourth-order valence-electron chi connectivity index (χ4n) is 5.26. The van der Waals surface area contributed by atoms with Crippen LogP contribution in [0.15, 0.2) is 42.5 Å². The molecule has 0 spiro atoms. The van der Waals surface area contributed by atoms with Crippen LogP contribution in [0.3, 0.4) is 0 Å². The highest BCUT2D eigenvalue weighted by Gasteiger charge is 2.52. The Morgan fingerprint density at radius 1 is 0.818 bits per heavy atom. The van der Waals surface area contributed by atoms with Crippen molar-refractivity contribution in [3.8, 4) is 5.75 Å². The van der Waals surface area contributed by atoms with E-state index in [1.165, 1.54) is 27.7 Å². The molecule has 2 aliphatic heterocycles. The molecule has 0 bridgehead atoms. The molecule has 2 aromatic carbocycles. The lowest BCUT2D eigenvalue weighted by atomic mass is 9.89. The first kappa shape index (κ1) is 33.2. The smallest absolute Gasteiger partial charge is 0.303 e. The van der Waals surface area contributed by atoms with Gasteiger partial charge in [-0.15, -0.1) is 0 Å². The second-order valence-electron chi connectivity index (χ2n) is 10.8. The number of hydrogen-bond donors (Lipinski definition) is 0. The number of esters is 4. The number of benzene rings is 2. The molecular formula is C32H37ClO11. The largest absolute Gasteiger partial charge is 0.493 e. The average Bonchev–Trinajstić information content (AvgIpc) is 3.48. The van der Waals surface area contributed by atoms with E-state index in [-0.39, 0.29) is 6.61 Å². The van der Waals surface area contributed by atoms with Crippen LogP contribution in [0.1, 0.15) is 56.9 Å². The Bertz CT molecular complexity index is 1320. The molecule has 2 heterocycles. The van der Waals surface area contributed by atoms with E-state index in [4.69, 9.17) is 44.8 Å². The van der Waals surface area contributed by atoms with Gasteiger partial charge in [-0.05, 0) is 47.7 Å². The van der Waals surface area contributed by atoms with Gasteiger partial charge in [0.2, 0.25) is 0 Å². The van der Waals surface area contributed by atoms with Crippen molar-refractivity contribution in [3.63, 3.8) is 0 Å². The number of hydrogen-bond acceptors (Lipinski definition) is 11. The van der Waals surface area contributed by atoms with E-state index in [9.17, 15) is 19.2 Å². The van der Waals surface area contributed by atoms with Gasteiger partial charge in [0.1, 0.15) is 24.6 Å². The number of ether oxygens (including phenoxy) is 7. The summed E-state index contributed by atoms with van der Waals surface area (Å²) in [6.07, 6.45) is -4.29. The van der Waals surface area contributed by atoms with Crippen LogP contribution in [0.5, 0.6) is 5.75 Å². The molecule has 1 unspecified atom stereocenters. The molecular weight excluding hydrogens is 596 g/mol. The van der Waals surface area contributed by atoms with Crippen LogP contribution in [-0.4, -0.2) is 74.7 Å². The number of halogens is 1. The van der Waals surface area contributed by atoms with Gasteiger partial charge in [0, 0.05) is 45.2 Å². The predicted molar refractivity (Wildman–Crippen MR) is 156 cm³/mol. The molecule has 0 N–H and O–H groups in total. The monoisotopic (exact) mass is 632 g/mol. The summed E-state index contributed by atoms with van der Waals surface area (Å²) >= 11 is 6.60. The minimum atomic E-state index is -1.26. The highest BCUT2D eigenvalue weighted by atomic mass is 35.5. The highest BCUT2D eigenvalue weighted by molar-refractivity contribution is 6.31. The zero-order chi connectivity index (χ0) is 31.8. The zero-order valence-corrected chi connectivity index (χ0v) is 25.9. The number of carbonyl (C=O) groups is 4. The molecule has 44 heavy (non-hydrogen) atoms. The van der Waals surface area contributed by atoms with E-state index in [1.54, 1.807) is 12.1 Å². The first-order valence-electron chi connectivity index (χ1n) is 14.4. The van der Waals surface area contributed by atoms with Gasteiger partial charge in [0.15, 0.2) is 18.3 Å². The molecule has 0 saturated carbocycles. The first-order valence-corrected chi connectivity index (χ1v) is 14.8. The number of carbonyl (C=O) groups excluding carboxylic acids is 4. The van der Waals surface area contributed by atoms with Gasteiger partial charge in [-0.1, -0.05) is 35.9 Å². The molecule has 238 valence electrons. The van der Waals surface area contributed by atoms with Crippen LogP contribution in [0.4, 0.5) is 0 Å². The lowest BCUT2D eigenvalue weighted by Crippen LogP contribution is -2.59. The fourth-order valence-corrected chi connectivity index (χ4v) is 5.44. The Labute approximate surface area is 261 Å². The molecule has 0 amide bonds. The molecule has 6 atom stereocenters. The van der Waals surface area contributed by atoms with Crippen molar-refractivity contribution in [1.29, 1.82) is 0 Å². The Hall–Kier alpha value is -3.67. The van der Waals surface area contributed by atoms with E-state index < -0.39 is 54.4 Å². The van der Waals surface area contributed by atoms with Crippen LogP contribution in [0.25, 0.3) is 0 Å². The van der Waals surface area contributed by atoms with E-state index in [2.05, 4.69) is 0 Å². The van der Waals surface area contributed by atoms with E-state index in [0.29, 0.717) is 36.1 Å². The average molecular weight is 633 g/mol. The van der Waals surface area contributed by atoms with Crippen LogP contribution < -0.4 is 4.74 Å². The molecule has 0 aromatic heterocycles. The van der Waals surface area contributed by atoms with Crippen LogP contribution >= 0.6 is 11.6 Å². The Balaban J connectivity index is 1.61. The van der Waals surface area contributed by atoms with Crippen molar-refractivity contribution >= 4 is 35.5 Å². The van der Waals surface area contributed by atoms with E-state index in [0.717, 1.165) is 29.9 Å². The molecule has 0 radical (unpaired) electrons. The summed E-state index contributed by atoms with van der Waals surface area (Å²) in [5, 5.41) is 0.501. The molecule has 2 saturated heterocycles. The summed E-state index contributed by atoms with van der Waals surface area (Å²) in [7, 11) is 0. The summed E-state index contributed by atoms with van der Waals surface area (Å²) in [5.74, 6) is -1.49. The number of rotatable bonds is 11. The van der Waals surface area contributed by atoms with Gasteiger partial charge >= 0.3 is 23.9 Å². The van der Waals surface area contributed by atoms with Crippen LogP contribution in [-0.2, 0) is 54.0 Å². The van der Waals surface area contributed by atoms with Gasteiger partial charge in [-0.25, -0.2) is 0 Å². The minimum Gasteiger partial charge on any atom is -0.493 e. The zero-order valence-electron chi connectivity index (χ0n) is 25.1. The summed E-state index contributed by atoms with van der Waals surface area (Å²) in [5.41, 5.74) is 2.29. The molecule has 11 nitrogen and oxygen atoms in total. The third-order valence-electron chi connectivity index (χ3n) is 7.22. The van der Waals surface area contributed by atoms with Gasteiger partial charge in [-0.3, -0.25) is 19.2 Å². The summed E-state index contributed by atoms with van der Waals surface area (Å²) < 4.78 is 39.4. The van der Waals surface area contributed by atoms with Crippen molar-refractivity contribution < 1.29 is 52.3 Å². The van der Waals surface area contributed by atoms with Crippen molar-refractivity contribution in [3.05, 3.63) is 64.2 Å². The second kappa shape index (κ2) is 15.4. The van der Waals surface area contributed by atoms with Gasteiger partial charge in [0.25, 0.3) is 0 Å². The molecule has 12 heteroatoms. The lowest BCUT2D eigenvalue weighted by molar-refractivity contribution is -0.254. The second-order valence-corrected chi connectivity index (χ2v) is 11.2. The lowest BCUT2D eigenvalue weighted by Gasteiger charge is -2.44. The quantitative estimate of drug-likeness (QED) is 0.261. The van der Waals surface area contributed by atoms with Crippen LogP contribution in [0, 0.1) is 5.92 Å². The SMILES string of the molecule is CC(=O)OC[C@H]1O[C@@H](c2ccc(Cl)c(Cc3ccc(OCC4CCOC4)cc3)c2)[C@H](OC(C)=O)[C@@H](OC(C)=O)[C@@H]1OC(C)=O. The topological polar surface area (TPSA) is 133 Å². The molecule has 0 aliphatic carbocycles. The maximum atomic E-state index is 12.2. The first-order chi connectivity index (χ1) is 21.0. The predicted octanol–water partition coefficient (Wildman–Crippen LogP) is 4.14. The maximum absolute atomic E-state index is 12.2. The Kier molecular flexibility index (Phi) is 11.6. The van der Waals surface area contributed by atoms with Crippen molar-refractivity contribution in [2.75, 3.05) is 26.4 Å². The molecule has 4 rings (SSSR count). The third-order valence-corrected chi connectivity index (χ3v) is 7.59. The normalized spacial score (nSPS) is 24.7. The van der Waals surface area contributed by atoms with Crippen LogP contribution in [0.2, 0.25) is 5.02 Å². The van der Waals surface area contributed by atoms with Gasteiger partial charge in [0.05, 0.1) is 13.2 Å². The fraction of sp³-hybridized carbons (Fsp3) is 0.500. The highest BCUT2D eigenvalue weighted by Crippen LogP contribution is 2.39. The summed E-state index contributed by atoms with van der Waals surface area (Å²) in [4.78, 5) is 48.0. The molecule has 2 aliphatic rings. The molecule has 2 aromatic rings. The van der Waals surface area contributed by atoms with Crippen molar-refractivity contribution in [2.45, 2.75) is 71.1 Å². The van der Waals surface area contributed by atoms with E-state index in [1.807, 2.05) is 30.3 Å². The summed E-state index contributed by atoms with van der Waals surface area (Å²) in [6.45, 7) is 6.56. The minimum absolute atomic E-state index is 0.309. The van der Waals surface area contributed by atoms with Crippen molar-refractivity contribution in [1.82, 2.24) is 0 Å². The summed E-state index contributed by atoms with van der Waals surface area (Å²) in [6, 6.07) is 12.9. The van der Waals surface area contributed by atoms with Gasteiger partial charge < -0.3 is 33.2 Å². The van der Waals surface area contributed by atoms with E-state index >= 15 is 0 Å². The maximum Gasteiger partial charge on any atom is 0.303 e.